The summed E-state index contributed by atoms with van der Waals surface area (Å²) < 4.78 is 6.21. The monoisotopic (exact) mass is 514 g/mol. The maximum atomic E-state index is 12.8. The van der Waals surface area contributed by atoms with Gasteiger partial charge in [-0.1, -0.05) is 65.2 Å². The zero-order valence-corrected chi connectivity index (χ0v) is 24.2. The van der Waals surface area contributed by atoms with E-state index in [1.165, 1.54) is 43.4 Å². The van der Waals surface area contributed by atoms with Crippen molar-refractivity contribution >= 4 is 17.7 Å². The quantitative estimate of drug-likeness (QED) is 0.253. The van der Waals surface area contributed by atoms with E-state index >= 15 is 0 Å². The lowest BCUT2D eigenvalue weighted by atomic mass is 9.53. The molecule has 202 valence electrons. The maximum absolute atomic E-state index is 12.8. The van der Waals surface area contributed by atoms with Crippen LogP contribution in [0.5, 0.6) is 0 Å². The largest absolute Gasteiger partial charge is 0.459 e. The second-order valence-corrected chi connectivity index (χ2v) is 14.3. The third kappa shape index (κ3) is 6.17. The van der Waals surface area contributed by atoms with E-state index in [1.807, 2.05) is 18.2 Å². The summed E-state index contributed by atoms with van der Waals surface area (Å²) in [6, 6.07) is 10.3. The molecule has 1 saturated heterocycles. The standard InChI is InChI=1S/C32H50O3S/c1-22(2)10-9-11-23(3)27-15-16-28-26-14-17-30(34)35-32(5,29(26)18-19-31(27,28)4)20-24(33)21-36-25-12-7-6-8-13-25/h6-8,12-13,22-24,26-29,33H,9-11,14-21H2,1-5H3/t23-,24+,26+,27-,28+,29+,31-,32-/m1/s1. The van der Waals surface area contributed by atoms with E-state index < -0.39 is 11.7 Å². The molecule has 3 nitrogen and oxygen atoms in total. The summed E-state index contributed by atoms with van der Waals surface area (Å²) >= 11 is 1.69. The summed E-state index contributed by atoms with van der Waals surface area (Å²) in [7, 11) is 0. The minimum Gasteiger partial charge on any atom is -0.459 e. The number of cyclic esters (lactones) is 1. The van der Waals surface area contributed by atoms with Crippen LogP contribution in [0.1, 0.15) is 98.8 Å². The highest BCUT2D eigenvalue weighted by Gasteiger charge is 2.59. The summed E-state index contributed by atoms with van der Waals surface area (Å²) in [5.41, 5.74) is -0.189. The van der Waals surface area contributed by atoms with Crippen molar-refractivity contribution in [1.82, 2.24) is 0 Å². The van der Waals surface area contributed by atoms with Crippen molar-refractivity contribution < 1.29 is 14.6 Å². The maximum Gasteiger partial charge on any atom is 0.306 e. The first-order valence-electron chi connectivity index (χ1n) is 14.7. The summed E-state index contributed by atoms with van der Waals surface area (Å²) in [6.07, 6.45) is 10.6. The Kier molecular flexibility index (Phi) is 9.19. The Morgan fingerprint density at radius 1 is 1.03 bits per heavy atom. The normalized spacial score (nSPS) is 36.0. The Morgan fingerprint density at radius 2 is 1.78 bits per heavy atom. The van der Waals surface area contributed by atoms with E-state index in [0.717, 1.165) is 30.6 Å². The molecule has 4 heteroatoms. The van der Waals surface area contributed by atoms with Gasteiger partial charge in [0, 0.05) is 29.4 Å². The molecular formula is C32H50O3S. The van der Waals surface area contributed by atoms with E-state index in [2.05, 4.69) is 46.8 Å². The minimum atomic E-state index is -0.572. The van der Waals surface area contributed by atoms with Gasteiger partial charge in [-0.15, -0.1) is 11.8 Å². The number of hydrogen-bond acceptors (Lipinski definition) is 4. The number of thioether (sulfide) groups is 1. The number of rotatable bonds is 10. The van der Waals surface area contributed by atoms with E-state index in [1.54, 1.807) is 11.8 Å². The Morgan fingerprint density at radius 3 is 2.50 bits per heavy atom. The van der Waals surface area contributed by atoms with Crippen LogP contribution < -0.4 is 0 Å². The van der Waals surface area contributed by atoms with E-state index in [-0.39, 0.29) is 5.97 Å². The SMILES string of the molecule is CC(C)CCC[C@@H](C)[C@H]1CC[C@H]2[C@@H]3CCC(=O)O[C@](C)(C[C@H](O)CSc4ccccc4)[C@H]3CC[C@]12C. The van der Waals surface area contributed by atoms with Crippen molar-refractivity contribution in [3.63, 3.8) is 0 Å². The van der Waals surface area contributed by atoms with Gasteiger partial charge in [0.2, 0.25) is 0 Å². The predicted octanol–water partition coefficient (Wildman–Crippen LogP) is 8.15. The van der Waals surface area contributed by atoms with Crippen molar-refractivity contribution in [3.8, 4) is 0 Å². The van der Waals surface area contributed by atoms with Crippen molar-refractivity contribution in [2.75, 3.05) is 5.75 Å². The first-order chi connectivity index (χ1) is 17.1. The fraction of sp³-hybridized carbons (Fsp3) is 0.781. The molecule has 1 aromatic rings. The summed E-state index contributed by atoms with van der Waals surface area (Å²) in [5.74, 6) is 4.51. The second-order valence-electron chi connectivity index (χ2n) is 13.2. The Balaban J connectivity index is 1.45. The van der Waals surface area contributed by atoms with Gasteiger partial charge < -0.3 is 9.84 Å². The van der Waals surface area contributed by atoms with Crippen LogP contribution in [0.3, 0.4) is 0 Å². The molecule has 0 spiro atoms. The van der Waals surface area contributed by atoms with Gasteiger partial charge in [0.05, 0.1) is 6.10 Å². The molecule has 0 bridgehead atoms. The van der Waals surface area contributed by atoms with Crippen LogP contribution in [-0.2, 0) is 9.53 Å². The van der Waals surface area contributed by atoms with Gasteiger partial charge in [0.1, 0.15) is 5.60 Å². The first kappa shape index (κ1) is 28.0. The molecule has 1 aliphatic heterocycles. The fourth-order valence-corrected chi connectivity index (χ4v) is 9.43. The Bertz CT molecular complexity index is 856. The van der Waals surface area contributed by atoms with Gasteiger partial charge in [-0.3, -0.25) is 4.79 Å². The van der Waals surface area contributed by atoms with Gasteiger partial charge in [0.15, 0.2) is 0 Å². The summed E-state index contributed by atoms with van der Waals surface area (Å²) in [4.78, 5) is 14.0. The third-order valence-corrected chi connectivity index (χ3v) is 11.4. The van der Waals surface area contributed by atoms with Gasteiger partial charge in [0.25, 0.3) is 0 Å². The van der Waals surface area contributed by atoms with E-state index in [0.29, 0.717) is 41.8 Å². The zero-order valence-electron chi connectivity index (χ0n) is 23.4. The lowest BCUT2D eigenvalue weighted by molar-refractivity contribution is -0.170. The minimum absolute atomic E-state index is 0.0619. The molecule has 4 rings (SSSR count). The topological polar surface area (TPSA) is 46.5 Å². The van der Waals surface area contributed by atoms with E-state index in [9.17, 15) is 9.90 Å². The number of esters is 1. The number of benzene rings is 1. The summed E-state index contributed by atoms with van der Waals surface area (Å²) in [5, 5.41) is 11.1. The molecule has 8 atom stereocenters. The first-order valence-corrected chi connectivity index (χ1v) is 15.7. The molecule has 0 amide bonds. The van der Waals surface area contributed by atoms with Crippen molar-refractivity contribution in [1.29, 1.82) is 0 Å². The number of aliphatic hydroxyl groups is 1. The molecule has 1 aromatic carbocycles. The van der Waals surface area contributed by atoms with Gasteiger partial charge in [-0.05, 0) is 86.2 Å². The van der Waals surface area contributed by atoms with Crippen LogP contribution >= 0.6 is 11.8 Å². The second kappa shape index (κ2) is 11.8. The van der Waals surface area contributed by atoms with E-state index in [4.69, 9.17) is 4.74 Å². The Hall–Kier alpha value is -1.00. The van der Waals surface area contributed by atoms with Gasteiger partial charge >= 0.3 is 5.97 Å². The van der Waals surface area contributed by atoms with Crippen LogP contribution in [0.2, 0.25) is 0 Å². The zero-order chi connectivity index (χ0) is 25.9. The van der Waals surface area contributed by atoms with Gasteiger partial charge in [-0.2, -0.15) is 0 Å². The lowest BCUT2D eigenvalue weighted by Crippen LogP contribution is -2.51. The average molecular weight is 515 g/mol. The van der Waals surface area contributed by atoms with Crippen molar-refractivity contribution in [3.05, 3.63) is 30.3 Å². The van der Waals surface area contributed by atoms with Crippen LogP contribution in [-0.4, -0.2) is 28.5 Å². The number of aliphatic hydroxyl groups excluding tert-OH is 1. The number of carbonyl (C=O) groups is 1. The highest BCUT2D eigenvalue weighted by molar-refractivity contribution is 7.99. The molecule has 3 fully saturated rings. The summed E-state index contributed by atoms with van der Waals surface area (Å²) in [6.45, 7) is 11.9. The van der Waals surface area contributed by atoms with Crippen molar-refractivity contribution in [2.24, 2.45) is 40.9 Å². The van der Waals surface area contributed by atoms with Crippen LogP contribution in [0, 0.1) is 40.9 Å². The molecule has 0 aromatic heterocycles. The highest BCUT2D eigenvalue weighted by atomic mass is 32.2. The molecule has 3 aliphatic rings. The van der Waals surface area contributed by atoms with Crippen LogP contribution in [0.25, 0.3) is 0 Å². The highest BCUT2D eigenvalue weighted by Crippen LogP contribution is 2.64. The lowest BCUT2D eigenvalue weighted by Gasteiger charge is -2.53. The molecule has 0 unspecified atom stereocenters. The number of ether oxygens (including phenoxy) is 1. The third-order valence-electron chi connectivity index (χ3n) is 10.3. The van der Waals surface area contributed by atoms with Crippen molar-refractivity contribution in [2.45, 2.75) is 115 Å². The molecule has 36 heavy (non-hydrogen) atoms. The van der Waals surface area contributed by atoms with Crippen LogP contribution in [0.4, 0.5) is 0 Å². The predicted molar refractivity (Wildman–Crippen MR) is 150 cm³/mol. The average Bonchev–Trinajstić information content (AvgIpc) is 3.12. The number of hydrogen-bond donors (Lipinski definition) is 1. The fourth-order valence-electron chi connectivity index (χ4n) is 8.57. The number of carbonyl (C=O) groups excluding carboxylic acids is 1. The molecular weight excluding hydrogens is 464 g/mol. The molecule has 2 saturated carbocycles. The molecule has 1 N–H and O–H groups in total. The molecule has 1 heterocycles. The molecule has 2 aliphatic carbocycles. The molecule has 0 radical (unpaired) electrons. The number of fused-ring (bicyclic) bond motifs is 3. The van der Waals surface area contributed by atoms with Gasteiger partial charge in [-0.25, -0.2) is 0 Å². The smallest absolute Gasteiger partial charge is 0.306 e. The van der Waals surface area contributed by atoms with Crippen LogP contribution in [0.15, 0.2) is 35.2 Å². The Labute approximate surface area is 224 Å².